The summed E-state index contributed by atoms with van der Waals surface area (Å²) in [6, 6.07) is 12.4. The second-order valence-electron chi connectivity index (χ2n) is 8.71. The number of hydrogen-bond donors (Lipinski definition) is 0. The summed E-state index contributed by atoms with van der Waals surface area (Å²) in [7, 11) is -3.95. The SMILES string of the molecule is CCOC(=O)C1=C[C@H](C(C)(C)C)N(S(=O)(=O)c2ccccc2C)[C@@H]1c1ccc(Cl)cc1. The number of rotatable bonds is 5. The summed E-state index contributed by atoms with van der Waals surface area (Å²) in [4.78, 5) is 13.1. The first kappa shape index (κ1) is 23.5. The van der Waals surface area contributed by atoms with Crippen molar-refractivity contribution < 1.29 is 17.9 Å². The molecule has 1 aliphatic rings. The summed E-state index contributed by atoms with van der Waals surface area (Å²) >= 11 is 6.07. The Bertz CT molecular complexity index is 1100. The number of esters is 1. The van der Waals surface area contributed by atoms with E-state index in [9.17, 15) is 13.2 Å². The van der Waals surface area contributed by atoms with Gasteiger partial charge in [-0.05, 0) is 48.6 Å². The van der Waals surface area contributed by atoms with Gasteiger partial charge in [0.1, 0.15) is 0 Å². The molecule has 166 valence electrons. The van der Waals surface area contributed by atoms with Crippen molar-refractivity contribution in [3.63, 3.8) is 0 Å². The van der Waals surface area contributed by atoms with Crippen LogP contribution in [0.25, 0.3) is 0 Å². The predicted molar refractivity (Wildman–Crippen MR) is 122 cm³/mol. The molecule has 0 N–H and O–H groups in total. The van der Waals surface area contributed by atoms with Gasteiger partial charge >= 0.3 is 5.97 Å². The molecule has 0 amide bonds. The molecule has 0 saturated carbocycles. The van der Waals surface area contributed by atoms with Crippen molar-refractivity contribution in [1.29, 1.82) is 0 Å². The van der Waals surface area contributed by atoms with E-state index in [1.165, 1.54) is 4.31 Å². The Morgan fingerprint density at radius 1 is 1.10 bits per heavy atom. The van der Waals surface area contributed by atoms with E-state index in [4.69, 9.17) is 16.3 Å². The third kappa shape index (κ3) is 4.56. The fourth-order valence-electron chi connectivity index (χ4n) is 3.88. The van der Waals surface area contributed by atoms with E-state index in [2.05, 4.69) is 0 Å². The van der Waals surface area contributed by atoms with Crippen molar-refractivity contribution in [2.45, 2.75) is 51.6 Å². The molecular weight excluding hydrogens is 434 g/mol. The number of benzene rings is 2. The van der Waals surface area contributed by atoms with E-state index in [-0.39, 0.29) is 11.5 Å². The number of halogens is 1. The minimum Gasteiger partial charge on any atom is -0.463 e. The average molecular weight is 462 g/mol. The third-order valence-corrected chi connectivity index (χ3v) is 7.65. The fourth-order valence-corrected chi connectivity index (χ4v) is 6.14. The monoisotopic (exact) mass is 461 g/mol. The zero-order valence-corrected chi connectivity index (χ0v) is 20.0. The summed E-state index contributed by atoms with van der Waals surface area (Å²) in [5, 5.41) is 0.532. The highest BCUT2D eigenvalue weighted by molar-refractivity contribution is 7.89. The largest absolute Gasteiger partial charge is 0.463 e. The van der Waals surface area contributed by atoms with Crippen LogP contribution in [-0.4, -0.2) is 31.3 Å². The van der Waals surface area contributed by atoms with Crippen LogP contribution >= 0.6 is 11.6 Å². The molecule has 0 aliphatic carbocycles. The lowest BCUT2D eigenvalue weighted by Gasteiger charge is -2.37. The maximum Gasteiger partial charge on any atom is 0.335 e. The molecule has 0 unspecified atom stereocenters. The lowest BCUT2D eigenvalue weighted by Crippen LogP contribution is -2.45. The Hall–Kier alpha value is -2.15. The second kappa shape index (κ2) is 8.77. The minimum atomic E-state index is -3.95. The highest BCUT2D eigenvalue weighted by Crippen LogP contribution is 2.46. The van der Waals surface area contributed by atoms with Gasteiger partial charge in [-0.25, -0.2) is 13.2 Å². The van der Waals surface area contributed by atoms with Crippen molar-refractivity contribution in [3.8, 4) is 0 Å². The summed E-state index contributed by atoms with van der Waals surface area (Å²) in [5.74, 6) is -0.515. The quantitative estimate of drug-likeness (QED) is 0.567. The number of nitrogens with zero attached hydrogens (tertiary/aromatic N) is 1. The molecule has 0 fully saturated rings. The number of ether oxygens (including phenoxy) is 1. The molecule has 2 atom stereocenters. The summed E-state index contributed by atoms with van der Waals surface area (Å²) in [5.41, 5.74) is 1.16. The smallest absolute Gasteiger partial charge is 0.335 e. The molecule has 1 heterocycles. The first-order valence-electron chi connectivity index (χ1n) is 10.2. The maximum absolute atomic E-state index is 14.0. The minimum absolute atomic E-state index is 0.203. The highest BCUT2D eigenvalue weighted by atomic mass is 35.5. The number of hydrogen-bond acceptors (Lipinski definition) is 4. The van der Waals surface area contributed by atoms with Crippen LogP contribution in [0.15, 0.2) is 65.1 Å². The molecule has 3 rings (SSSR count). The Balaban J connectivity index is 2.26. The molecule has 0 spiro atoms. The van der Waals surface area contributed by atoms with E-state index in [0.29, 0.717) is 21.7 Å². The van der Waals surface area contributed by atoms with E-state index in [0.717, 1.165) is 0 Å². The van der Waals surface area contributed by atoms with Crippen LogP contribution in [0.4, 0.5) is 0 Å². The van der Waals surface area contributed by atoms with Gasteiger partial charge in [0.25, 0.3) is 0 Å². The van der Waals surface area contributed by atoms with Crippen LogP contribution in [0.3, 0.4) is 0 Å². The summed E-state index contributed by atoms with van der Waals surface area (Å²) in [6.07, 6.45) is 1.74. The molecule has 5 nitrogen and oxygen atoms in total. The Labute approximate surface area is 189 Å². The van der Waals surface area contributed by atoms with Gasteiger partial charge in [-0.3, -0.25) is 0 Å². The van der Waals surface area contributed by atoms with Gasteiger partial charge < -0.3 is 4.74 Å². The van der Waals surface area contributed by atoms with Gasteiger partial charge in [-0.2, -0.15) is 4.31 Å². The van der Waals surface area contributed by atoms with E-state index in [1.807, 2.05) is 20.8 Å². The molecule has 2 aromatic carbocycles. The molecule has 0 radical (unpaired) electrons. The maximum atomic E-state index is 14.0. The molecule has 31 heavy (non-hydrogen) atoms. The number of carbonyl (C=O) groups excluding carboxylic acids is 1. The Kier molecular flexibility index (Phi) is 6.65. The Morgan fingerprint density at radius 3 is 2.26 bits per heavy atom. The number of aryl methyl sites for hydroxylation is 1. The molecule has 2 aromatic rings. The van der Waals surface area contributed by atoms with Crippen LogP contribution in [0.5, 0.6) is 0 Å². The lowest BCUT2D eigenvalue weighted by atomic mass is 9.87. The van der Waals surface area contributed by atoms with Crippen LogP contribution < -0.4 is 0 Å². The van der Waals surface area contributed by atoms with Crippen LogP contribution in [0, 0.1) is 12.3 Å². The highest BCUT2D eigenvalue weighted by Gasteiger charge is 2.50. The van der Waals surface area contributed by atoms with Crippen molar-refractivity contribution in [3.05, 3.63) is 76.3 Å². The number of carbonyl (C=O) groups is 1. The van der Waals surface area contributed by atoms with Gasteiger partial charge in [0.05, 0.1) is 23.1 Å². The van der Waals surface area contributed by atoms with E-state index >= 15 is 0 Å². The second-order valence-corrected chi connectivity index (χ2v) is 11.0. The van der Waals surface area contributed by atoms with Crippen LogP contribution in [0.1, 0.15) is 44.9 Å². The van der Waals surface area contributed by atoms with E-state index in [1.54, 1.807) is 68.5 Å². The zero-order valence-electron chi connectivity index (χ0n) is 18.4. The number of sulfonamides is 1. The third-order valence-electron chi connectivity index (χ3n) is 5.39. The molecule has 1 aliphatic heterocycles. The van der Waals surface area contributed by atoms with Crippen LogP contribution in [-0.2, 0) is 19.6 Å². The zero-order chi connectivity index (χ0) is 23.0. The van der Waals surface area contributed by atoms with Gasteiger partial charge in [-0.1, -0.05) is 68.8 Å². The first-order valence-corrected chi connectivity index (χ1v) is 12.0. The normalized spacial score (nSPS) is 19.9. The first-order chi connectivity index (χ1) is 14.5. The molecular formula is C24H28ClNO4S. The summed E-state index contributed by atoms with van der Waals surface area (Å²) in [6.45, 7) is 9.58. The van der Waals surface area contributed by atoms with Crippen LogP contribution in [0.2, 0.25) is 5.02 Å². The van der Waals surface area contributed by atoms with E-state index < -0.39 is 33.5 Å². The molecule has 0 aromatic heterocycles. The average Bonchev–Trinajstić information content (AvgIpc) is 3.11. The fraction of sp³-hybridized carbons (Fsp3) is 0.375. The topological polar surface area (TPSA) is 63.7 Å². The van der Waals surface area contributed by atoms with Crippen molar-refractivity contribution in [1.82, 2.24) is 4.31 Å². The standard InChI is InChI=1S/C24H28ClNO4S/c1-6-30-23(27)19-15-21(24(3,4)5)26(22(19)17-11-13-18(25)14-12-17)31(28,29)20-10-8-7-9-16(20)2/h7-15,21-22H,6H2,1-5H3/t21-,22-/m1/s1. The van der Waals surface area contributed by atoms with Crippen molar-refractivity contribution in [2.24, 2.45) is 5.41 Å². The van der Waals surface area contributed by atoms with Gasteiger partial charge in [-0.15, -0.1) is 0 Å². The Morgan fingerprint density at radius 2 is 1.71 bits per heavy atom. The lowest BCUT2D eigenvalue weighted by molar-refractivity contribution is -0.138. The van der Waals surface area contributed by atoms with Crippen molar-refractivity contribution >= 4 is 27.6 Å². The van der Waals surface area contributed by atoms with Gasteiger partial charge in [0, 0.05) is 11.1 Å². The van der Waals surface area contributed by atoms with Gasteiger partial charge in [0.2, 0.25) is 10.0 Å². The molecule has 0 bridgehead atoms. The molecule has 7 heteroatoms. The van der Waals surface area contributed by atoms with Crippen molar-refractivity contribution in [2.75, 3.05) is 6.61 Å². The summed E-state index contributed by atoms with van der Waals surface area (Å²) < 4.78 is 34.8. The van der Waals surface area contributed by atoms with Gasteiger partial charge in [0.15, 0.2) is 0 Å². The predicted octanol–water partition coefficient (Wildman–Crippen LogP) is 5.30. The molecule has 0 saturated heterocycles.